The number of hydrogen-bond donors (Lipinski definition) is 3. The summed E-state index contributed by atoms with van der Waals surface area (Å²) in [5, 5.41) is 5.27. The fourth-order valence-corrected chi connectivity index (χ4v) is 3.15. The second kappa shape index (κ2) is 8.74. The van der Waals surface area contributed by atoms with Gasteiger partial charge in [0.05, 0.1) is 12.3 Å². The van der Waals surface area contributed by atoms with Crippen LogP contribution in [0.15, 0.2) is 48.5 Å². The minimum Gasteiger partial charge on any atom is -0.326 e. The summed E-state index contributed by atoms with van der Waals surface area (Å²) in [5.74, 6) is -1.09. The first-order valence-electron chi connectivity index (χ1n) is 8.02. The first kappa shape index (κ1) is 20.5. The largest absolute Gasteiger partial charge is 0.326 e. The van der Waals surface area contributed by atoms with Crippen LogP contribution in [-0.2, 0) is 19.6 Å². The molecule has 0 unspecified atom stereocenters. The lowest BCUT2D eigenvalue weighted by Crippen LogP contribution is -2.30. The van der Waals surface area contributed by atoms with E-state index in [-0.39, 0.29) is 12.3 Å². The minimum atomic E-state index is -3.58. The van der Waals surface area contributed by atoms with Gasteiger partial charge in [0.1, 0.15) is 5.82 Å². The third-order valence-electron chi connectivity index (χ3n) is 3.51. The standard InChI is InChI=1S/C18H20FN3O4S/c1-12(23)20-15-7-9-16(10-8-15)21-18(24)11-17(22-27(2,25)26)13-3-5-14(19)6-4-13/h3-10,17,22H,11H2,1-2H3,(H,20,23)(H,21,24)/t17-/m1/s1. The summed E-state index contributed by atoms with van der Waals surface area (Å²) in [6.07, 6.45) is 0.814. The predicted octanol–water partition coefficient (Wildman–Crippen LogP) is 2.40. The lowest BCUT2D eigenvalue weighted by atomic mass is 10.0. The summed E-state index contributed by atoms with van der Waals surface area (Å²) in [6.45, 7) is 1.39. The number of anilines is 2. The van der Waals surface area contributed by atoms with E-state index in [2.05, 4.69) is 15.4 Å². The maximum Gasteiger partial charge on any atom is 0.226 e. The number of halogens is 1. The van der Waals surface area contributed by atoms with Gasteiger partial charge in [-0.1, -0.05) is 12.1 Å². The molecule has 1 atom stereocenters. The molecule has 0 spiro atoms. The van der Waals surface area contributed by atoms with Crippen molar-refractivity contribution in [1.29, 1.82) is 0 Å². The highest BCUT2D eigenvalue weighted by Gasteiger charge is 2.20. The Kier molecular flexibility index (Phi) is 6.65. The fraction of sp³-hybridized carbons (Fsp3) is 0.222. The van der Waals surface area contributed by atoms with E-state index in [0.717, 1.165) is 6.26 Å². The van der Waals surface area contributed by atoms with Crippen molar-refractivity contribution in [2.45, 2.75) is 19.4 Å². The van der Waals surface area contributed by atoms with Gasteiger partial charge in [-0.15, -0.1) is 0 Å². The maximum absolute atomic E-state index is 13.1. The molecular weight excluding hydrogens is 373 g/mol. The summed E-state index contributed by atoms with van der Waals surface area (Å²) in [5.41, 5.74) is 1.55. The van der Waals surface area contributed by atoms with E-state index < -0.39 is 27.8 Å². The predicted molar refractivity (Wildman–Crippen MR) is 101 cm³/mol. The highest BCUT2D eigenvalue weighted by molar-refractivity contribution is 7.88. The van der Waals surface area contributed by atoms with E-state index in [4.69, 9.17) is 0 Å². The molecule has 2 rings (SSSR count). The molecule has 0 saturated carbocycles. The summed E-state index contributed by atoms with van der Waals surface area (Å²) < 4.78 is 38.7. The Labute approximate surface area is 157 Å². The van der Waals surface area contributed by atoms with Gasteiger partial charge in [0.25, 0.3) is 0 Å². The smallest absolute Gasteiger partial charge is 0.226 e. The van der Waals surface area contributed by atoms with Crippen molar-refractivity contribution in [3.8, 4) is 0 Å². The number of carbonyl (C=O) groups excluding carboxylic acids is 2. The van der Waals surface area contributed by atoms with Crippen molar-refractivity contribution in [2.75, 3.05) is 16.9 Å². The molecule has 2 aromatic carbocycles. The second-order valence-corrected chi connectivity index (χ2v) is 7.79. The third kappa shape index (κ3) is 7.16. The van der Waals surface area contributed by atoms with Crippen LogP contribution in [-0.4, -0.2) is 26.5 Å². The number of benzene rings is 2. The van der Waals surface area contributed by atoms with Crippen molar-refractivity contribution in [2.24, 2.45) is 0 Å². The van der Waals surface area contributed by atoms with Gasteiger partial charge >= 0.3 is 0 Å². The molecule has 0 radical (unpaired) electrons. The monoisotopic (exact) mass is 393 g/mol. The molecule has 9 heteroatoms. The maximum atomic E-state index is 13.1. The molecule has 0 aromatic heterocycles. The van der Waals surface area contributed by atoms with Gasteiger partial charge in [-0.05, 0) is 42.0 Å². The Morgan fingerprint density at radius 1 is 0.963 bits per heavy atom. The zero-order valence-electron chi connectivity index (χ0n) is 14.8. The Morgan fingerprint density at radius 2 is 1.48 bits per heavy atom. The topological polar surface area (TPSA) is 104 Å². The van der Waals surface area contributed by atoms with Crippen molar-refractivity contribution in [1.82, 2.24) is 4.72 Å². The first-order chi connectivity index (χ1) is 12.6. The Hall–Kier alpha value is -2.78. The average molecular weight is 393 g/mol. The summed E-state index contributed by atoms with van der Waals surface area (Å²) >= 11 is 0. The van der Waals surface area contributed by atoms with E-state index in [1.807, 2.05) is 0 Å². The van der Waals surface area contributed by atoms with Crippen LogP contribution >= 0.6 is 0 Å². The van der Waals surface area contributed by atoms with Crippen LogP contribution in [0.2, 0.25) is 0 Å². The van der Waals surface area contributed by atoms with E-state index in [1.165, 1.54) is 31.2 Å². The van der Waals surface area contributed by atoms with Crippen LogP contribution in [0.3, 0.4) is 0 Å². The van der Waals surface area contributed by atoms with Crippen molar-refractivity contribution in [3.05, 3.63) is 59.9 Å². The van der Waals surface area contributed by atoms with Crippen LogP contribution in [0.4, 0.5) is 15.8 Å². The van der Waals surface area contributed by atoms with Crippen molar-refractivity contribution >= 4 is 33.2 Å². The molecule has 0 aliphatic heterocycles. The third-order valence-corrected chi connectivity index (χ3v) is 4.22. The van der Waals surface area contributed by atoms with Crippen LogP contribution in [0.25, 0.3) is 0 Å². The van der Waals surface area contributed by atoms with Gasteiger partial charge in [-0.2, -0.15) is 0 Å². The Bertz CT molecular complexity index is 913. The molecule has 0 fully saturated rings. The van der Waals surface area contributed by atoms with E-state index in [9.17, 15) is 22.4 Å². The zero-order chi connectivity index (χ0) is 20.0. The van der Waals surface area contributed by atoms with E-state index in [0.29, 0.717) is 16.9 Å². The van der Waals surface area contributed by atoms with Gasteiger partial charge in [-0.3, -0.25) is 9.59 Å². The van der Waals surface area contributed by atoms with E-state index >= 15 is 0 Å². The molecule has 0 saturated heterocycles. The van der Waals surface area contributed by atoms with Crippen LogP contribution in [0.1, 0.15) is 24.9 Å². The quantitative estimate of drug-likeness (QED) is 0.672. The number of nitrogens with one attached hydrogen (secondary N) is 3. The number of sulfonamides is 1. The van der Waals surface area contributed by atoms with Crippen LogP contribution in [0.5, 0.6) is 0 Å². The van der Waals surface area contributed by atoms with Crippen molar-refractivity contribution < 1.29 is 22.4 Å². The highest BCUT2D eigenvalue weighted by atomic mass is 32.2. The van der Waals surface area contributed by atoms with Crippen LogP contribution < -0.4 is 15.4 Å². The van der Waals surface area contributed by atoms with E-state index in [1.54, 1.807) is 24.3 Å². The molecule has 27 heavy (non-hydrogen) atoms. The molecular formula is C18H20FN3O4S. The summed E-state index contributed by atoms with van der Waals surface area (Å²) in [7, 11) is -3.58. The Balaban J connectivity index is 2.08. The number of amides is 2. The number of rotatable bonds is 7. The molecule has 0 aliphatic rings. The lowest BCUT2D eigenvalue weighted by molar-refractivity contribution is -0.116. The van der Waals surface area contributed by atoms with Gasteiger partial charge in [0.15, 0.2) is 0 Å². The molecule has 2 amide bonds. The number of carbonyl (C=O) groups is 2. The molecule has 0 bridgehead atoms. The number of hydrogen-bond acceptors (Lipinski definition) is 4. The lowest BCUT2D eigenvalue weighted by Gasteiger charge is -2.18. The molecule has 2 aromatic rings. The van der Waals surface area contributed by atoms with Crippen LogP contribution in [0, 0.1) is 5.82 Å². The zero-order valence-corrected chi connectivity index (χ0v) is 15.6. The average Bonchev–Trinajstić information content (AvgIpc) is 2.55. The first-order valence-corrected chi connectivity index (χ1v) is 9.92. The van der Waals surface area contributed by atoms with Crippen molar-refractivity contribution in [3.63, 3.8) is 0 Å². The SMILES string of the molecule is CC(=O)Nc1ccc(NC(=O)C[C@@H](NS(C)(=O)=O)c2ccc(F)cc2)cc1. The summed E-state index contributed by atoms with van der Waals surface area (Å²) in [6, 6.07) is 10.9. The summed E-state index contributed by atoms with van der Waals surface area (Å²) in [4.78, 5) is 23.3. The van der Waals surface area contributed by atoms with Gasteiger partial charge < -0.3 is 10.6 Å². The molecule has 0 heterocycles. The van der Waals surface area contributed by atoms with Gasteiger partial charge in [0.2, 0.25) is 21.8 Å². The van der Waals surface area contributed by atoms with Gasteiger partial charge in [0, 0.05) is 24.7 Å². The molecule has 7 nitrogen and oxygen atoms in total. The minimum absolute atomic E-state index is 0.174. The van der Waals surface area contributed by atoms with Gasteiger partial charge in [-0.25, -0.2) is 17.5 Å². The molecule has 0 aliphatic carbocycles. The normalized spacial score (nSPS) is 12.3. The second-order valence-electron chi connectivity index (χ2n) is 6.00. The Morgan fingerprint density at radius 3 is 1.96 bits per heavy atom. The fourth-order valence-electron chi connectivity index (χ4n) is 2.42. The molecule has 144 valence electrons. The highest BCUT2D eigenvalue weighted by Crippen LogP contribution is 2.20. The molecule has 3 N–H and O–H groups in total.